The zero-order valence-electron chi connectivity index (χ0n) is 12.2. The largest absolute Gasteiger partial charge is 0.418 e. The number of pyridine rings is 1. The Morgan fingerprint density at radius 3 is 2.75 bits per heavy atom. The third-order valence-electron chi connectivity index (χ3n) is 3.81. The Morgan fingerprint density at radius 2 is 2.08 bits per heavy atom. The number of aromatic nitrogens is 1. The lowest BCUT2D eigenvalue weighted by molar-refractivity contribution is -0.138. The van der Waals surface area contributed by atoms with Gasteiger partial charge >= 0.3 is 6.18 Å². The summed E-state index contributed by atoms with van der Waals surface area (Å²) >= 11 is 6.00. The Kier molecular flexibility index (Phi) is 4.19. The molecular formula is C17H11ClF3NO2. The molecular weight excluding hydrogens is 343 g/mol. The Morgan fingerprint density at radius 1 is 1.33 bits per heavy atom. The van der Waals surface area contributed by atoms with Gasteiger partial charge in [-0.15, -0.1) is 0 Å². The summed E-state index contributed by atoms with van der Waals surface area (Å²) in [6.07, 6.45) is -1.97. The smallest absolute Gasteiger partial charge is 0.392 e. The predicted octanol–water partition coefficient (Wildman–Crippen LogP) is 4.07. The highest BCUT2D eigenvalue weighted by atomic mass is 35.5. The van der Waals surface area contributed by atoms with Crippen LogP contribution in [0.2, 0.25) is 5.02 Å². The summed E-state index contributed by atoms with van der Waals surface area (Å²) in [6.45, 7) is -0.323. The molecule has 0 saturated carbocycles. The number of alkyl halides is 3. The van der Waals surface area contributed by atoms with E-state index in [9.17, 15) is 23.1 Å². The monoisotopic (exact) mass is 353 g/mol. The molecule has 0 atom stereocenters. The van der Waals surface area contributed by atoms with Gasteiger partial charge in [0.15, 0.2) is 5.78 Å². The Hall–Kier alpha value is -2.18. The summed E-state index contributed by atoms with van der Waals surface area (Å²) in [7, 11) is 0. The molecule has 0 fully saturated rings. The molecule has 1 N–H and O–H groups in total. The van der Waals surface area contributed by atoms with Crippen LogP contribution in [0.15, 0.2) is 36.0 Å². The van der Waals surface area contributed by atoms with Crippen molar-refractivity contribution in [1.82, 2.24) is 4.98 Å². The van der Waals surface area contributed by atoms with Gasteiger partial charge in [0.25, 0.3) is 0 Å². The topological polar surface area (TPSA) is 50.2 Å². The van der Waals surface area contributed by atoms with Crippen molar-refractivity contribution in [2.24, 2.45) is 0 Å². The van der Waals surface area contributed by atoms with Gasteiger partial charge in [-0.05, 0) is 41.5 Å². The number of aliphatic hydroxyl groups is 1. The number of carbonyl (C=O) groups is 1. The first kappa shape index (κ1) is 16.7. The number of halogens is 4. The highest BCUT2D eigenvalue weighted by Crippen LogP contribution is 2.35. The van der Waals surface area contributed by atoms with Crippen molar-refractivity contribution in [3.63, 3.8) is 0 Å². The number of fused-ring (bicyclic) bond motifs is 1. The van der Waals surface area contributed by atoms with E-state index in [2.05, 4.69) is 4.98 Å². The molecule has 2 aromatic rings. The van der Waals surface area contributed by atoms with E-state index in [1.807, 2.05) is 0 Å². The molecule has 0 bridgehead atoms. The van der Waals surface area contributed by atoms with Gasteiger partial charge in [-0.25, -0.2) is 0 Å². The molecule has 0 unspecified atom stereocenters. The van der Waals surface area contributed by atoms with E-state index in [0.717, 1.165) is 12.1 Å². The van der Waals surface area contributed by atoms with Crippen LogP contribution in [0.4, 0.5) is 13.2 Å². The SMILES string of the molecule is O=C1C(=Cc2ncccc2C(F)(F)F)Cc2cc(Cl)c(CO)cc21. The van der Waals surface area contributed by atoms with Gasteiger partial charge in [0.05, 0.1) is 17.9 Å². The van der Waals surface area contributed by atoms with Gasteiger partial charge in [0.2, 0.25) is 0 Å². The van der Waals surface area contributed by atoms with Gasteiger partial charge in [-0.1, -0.05) is 11.6 Å². The first-order chi connectivity index (χ1) is 11.3. The van der Waals surface area contributed by atoms with Crippen molar-refractivity contribution in [3.8, 4) is 0 Å². The van der Waals surface area contributed by atoms with Gasteiger partial charge in [0.1, 0.15) is 0 Å². The van der Waals surface area contributed by atoms with Gasteiger partial charge in [0, 0.05) is 28.8 Å². The average Bonchev–Trinajstić information content (AvgIpc) is 2.81. The van der Waals surface area contributed by atoms with E-state index >= 15 is 0 Å². The third-order valence-corrected chi connectivity index (χ3v) is 4.17. The number of aliphatic hydroxyl groups excluding tert-OH is 1. The lowest BCUT2D eigenvalue weighted by Crippen LogP contribution is -2.09. The van der Waals surface area contributed by atoms with Crippen molar-refractivity contribution in [1.29, 1.82) is 0 Å². The minimum Gasteiger partial charge on any atom is -0.392 e. The maximum absolute atomic E-state index is 13.0. The molecule has 0 saturated heterocycles. The van der Waals surface area contributed by atoms with Crippen molar-refractivity contribution in [3.05, 3.63) is 69.0 Å². The fraction of sp³-hybridized carbons (Fsp3) is 0.176. The first-order valence-corrected chi connectivity index (χ1v) is 7.38. The third kappa shape index (κ3) is 2.95. The lowest BCUT2D eigenvalue weighted by Gasteiger charge is -2.09. The van der Waals surface area contributed by atoms with E-state index in [4.69, 9.17) is 11.6 Å². The van der Waals surface area contributed by atoms with Gasteiger partial charge in [-0.2, -0.15) is 13.2 Å². The number of ketones is 1. The molecule has 3 rings (SSSR count). The second-order valence-electron chi connectivity index (χ2n) is 5.37. The van der Waals surface area contributed by atoms with Crippen LogP contribution in [0.1, 0.15) is 32.7 Å². The van der Waals surface area contributed by atoms with E-state index in [-0.39, 0.29) is 30.1 Å². The number of benzene rings is 1. The second-order valence-corrected chi connectivity index (χ2v) is 5.78. The minimum atomic E-state index is -4.55. The number of Topliss-reactive ketones (excluding diaryl/α,β-unsaturated/α-hetero) is 1. The van der Waals surface area contributed by atoms with Crippen LogP contribution in [-0.2, 0) is 19.2 Å². The molecule has 1 aliphatic carbocycles. The summed E-state index contributed by atoms with van der Waals surface area (Å²) in [5.41, 5.74) is 0.390. The maximum atomic E-state index is 13.0. The summed E-state index contributed by atoms with van der Waals surface area (Å²) < 4.78 is 39.1. The molecule has 0 aliphatic heterocycles. The zero-order chi connectivity index (χ0) is 17.5. The fourth-order valence-corrected chi connectivity index (χ4v) is 2.90. The molecule has 24 heavy (non-hydrogen) atoms. The van der Waals surface area contributed by atoms with Crippen molar-refractivity contribution < 1.29 is 23.1 Å². The first-order valence-electron chi connectivity index (χ1n) is 7.01. The highest BCUT2D eigenvalue weighted by molar-refractivity contribution is 6.32. The van der Waals surface area contributed by atoms with Gasteiger partial charge < -0.3 is 5.11 Å². The second kappa shape index (κ2) is 6.03. The quantitative estimate of drug-likeness (QED) is 0.828. The van der Waals surface area contributed by atoms with E-state index < -0.39 is 11.7 Å². The van der Waals surface area contributed by atoms with Crippen LogP contribution >= 0.6 is 11.6 Å². The van der Waals surface area contributed by atoms with Crippen molar-refractivity contribution in [2.45, 2.75) is 19.2 Å². The molecule has 124 valence electrons. The van der Waals surface area contributed by atoms with Gasteiger partial charge in [-0.3, -0.25) is 9.78 Å². The van der Waals surface area contributed by atoms with Crippen LogP contribution in [0.5, 0.6) is 0 Å². The molecule has 7 heteroatoms. The summed E-state index contributed by atoms with van der Waals surface area (Å²) in [5.74, 6) is -0.379. The number of hydrogen-bond donors (Lipinski definition) is 1. The van der Waals surface area contributed by atoms with Crippen LogP contribution in [0.25, 0.3) is 6.08 Å². The van der Waals surface area contributed by atoms with E-state index in [1.54, 1.807) is 6.07 Å². The van der Waals surface area contributed by atoms with Crippen LogP contribution in [0, 0.1) is 0 Å². The molecule has 0 amide bonds. The van der Waals surface area contributed by atoms with E-state index in [0.29, 0.717) is 21.7 Å². The molecule has 3 nitrogen and oxygen atoms in total. The molecule has 1 heterocycles. The zero-order valence-corrected chi connectivity index (χ0v) is 12.9. The standard InChI is InChI=1S/C17H11ClF3NO2/c18-14-6-9-4-10(16(24)12(9)5-11(14)8-23)7-15-13(17(19,20)21)2-1-3-22-15/h1-3,5-7,23H,4,8H2. The molecule has 0 radical (unpaired) electrons. The molecule has 1 aromatic carbocycles. The average molecular weight is 354 g/mol. The maximum Gasteiger partial charge on any atom is 0.418 e. The normalized spacial score (nSPS) is 15.9. The molecule has 1 aliphatic rings. The number of allylic oxidation sites excluding steroid dienone is 1. The van der Waals surface area contributed by atoms with Crippen molar-refractivity contribution in [2.75, 3.05) is 0 Å². The lowest BCUT2D eigenvalue weighted by atomic mass is 10.1. The number of nitrogens with zero attached hydrogens (tertiary/aromatic N) is 1. The predicted molar refractivity (Wildman–Crippen MR) is 82.6 cm³/mol. The van der Waals surface area contributed by atoms with Crippen LogP contribution in [0.3, 0.4) is 0 Å². The van der Waals surface area contributed by atoms with Crippen LogP contribution in [-0.4, -0.2) is 15.9 Å². The summed E-state index contributed by atoms with van der Waals surface area (Å²) in [5, 5.41) is 9.54. The molecule has 0 spiro atoms. The summed E-state index contributed by atoms with van der Waals surface area (Å²) in [6, 6.07) is 5.16. The Labute approximate surface area is 140 Å². The fourth-order valence-electron chi connectivity index (χ4n) is 2.65. The Balaban J connectivity index is 2.04. The minimum absolute atomic E-state index is 0.174. The van der Waals surface area contributed by atoms with E-state index in [1.165, 1.54) is 18.3 Å². The highest BCUT2D eigenvalue weighted by Gasteiger charge is 2.34. The summed E-state index contributed by atoms with van der Waals surface area (Å²) in [4.78, 5) is 16.2. The number of carbonyl (C=O) groups excluding carboxylic acids is 1. The number of rotatable bonds is 2. The number of hydrogen-bond acceptors (Lipinski definition) is 3. The van der Waals surface area contributed by atoms with Crippen LogP contribution < -0.4 is 0 Å². The van der Waals surface area contributed by atoms with Crippen molar-refractivity contribution >= 4 is 23.5 Å². The molecule has 1 aromatic heterocycles. The Bertz CT molecular complexity index is 859.